The fraction of sp³-hybridized carbons (Fsp3) is 0.630. The number of thiazole rings is 1. The van der Waals surface area contributed by atoms with Crippen LogP contribution >= 0.6 is 11.3 Å². The van der Waals surface area contributed by atoms with Crippen molar-refractivity contribution in [1.29, 1.82) is 0 Å². The predicted molar refractivity (Wildman–Crippen MR) is 146 cm³/mol. The first-order valence-electron chi connectivity index (χ1n) is 13.0. The molecular weight excluding hydrogens is 497 g/mol. The first-order chi connectivity index (χ1) is 17.4. The lowest BCUT2D eigenvalue weighted by Gasteiger charge is -2.34. The van der Waals surface area contributed by atoms with Crippen LogP contribution in [0.3, 0.4) is 0 Å². The van der Waals surface area contributed by atoms with E-state index in [0.29, 0.717) is 24.2 Å². The normalized spacial score (nSPS) is 18.1. The highest BCUT2D eigenvalue weighted by molar-refractivity contribution is 7.21. The second kappa shape index (κ2) is 10.7. The van der Waals surface area contributed by atoms with Gasteiger partial charge in [0.1, 0.15) is 22.0 Å². The summed E-state index contributed by atoms with van der Waals surface area (Å²) in [7, 11) is 1.81. The fourth-order valence-corrected chi connectivity index (χ4v) is 5.44. The van der Waals surface area contributed by atoms with Crippen molar-refractivity contribution >= 4 is 33.3 Å². The van der Waals surface area contributed by atoms with Gasteiger partial charge in [-0.15, -0.1) is 11.3 Å². The van der Waals surface area contributed by atoms with E-state index < -0.39 is 11.6 Å². The molecular formula is C27H37F3N6S. The van der Waals surface area contributed by atoms with Crippen LogP contribution in [-0.4, -0.2) is 45.1 Å². The van der Waals surface area contributed by atoms with Gasteiger partial charge in [0.2, 0.25) is 11.9 Å². The summed E-state index contributed by atoms with van der Waals surface area (Å²) in [5, 5.41) is 7.12. The van der Waals surface area contributed by atoms with Crippen LogP contribution < -0.4 is 10.6 Å². The number of rotatable bonds is 8. The minimum absolute atomic E-state index is 0.0378. The molecule has 5 rings (SSSR count). The maximum Gasteiger partial charge on any atom is 0.248 e. The Balaban J connectivity index is 0.000000349. The average Bonchev–Trinajstić information content (AvgIpc) is 3.57. The highest BCUT2D eigenvalue weighted by Crippen LogP contribution is 2.44. The largest absolute Gasteiger partial charge is 0.372 e. The van der Waals surface area contributed by atoms with E-state index in [1.165, 1.54) is 12.8 Å². The zero-order chi connectivity index (χ0) is 27.0. The Kier molecular flexibility index (Phi) is 7.97. The number of hydrogen-bond donors (Lipinski definition) is 2. The van der Waals surface area contributed by atoms with Gasteiger partial charge in [0.05, 0.1) is 21.7 Å². The number of nitrogens with one attached hydrogen (secondary N) is 2. The summed E-state index contributed by atoms with van der Waals surface area (Å²) in [5.74, 6) is -0.706. The molecule has 1 unspecified atom stereocenters. The molecule has 2 saturated carbocycles. The lowest BCUT2D eigenvalue weighted by Crippen LogP contribution is -2.39. The number of halogens is 3. The minimum Gasteiger partial charge on any atom is -0.372 e. The van der Waals surface area contributed by atoms with Crippen LogP contribution in [0.15, 0.2) is 12.3 Å². The zero-order valence-electron chi connectivity index (χ0n) is 22.5. The number of aryl methyl sites for hydroxylation is 1. The van der Waals surface area contributed by atoms with E-state index in [4.69, 9.17) is 4.98 Å². The third-order valence-electron chi connectivity index (χ3n) is 7.35. The van der Waals surface area contributed by atoms with Crippen LogP contribution in [0, 0.1) is 18.8 Å². The van der Waals surface area contributed by atoms with Crippen LogP contribution in [0.1, 0.15) is 77.1 Å². The maximum absolute atomic E-state index is 13.0. The van der Waals surface area contributed by atoms with Gasteiger partial charge in [-0.1, -0.05) is 20.3 Å². The molecule has 3 heterocycles. The SMILES string of the molecule is CCC(C)C(C)(C)F.CNc1nc(NCC2CC(F)(F)C2)nc(C)c1-c1nc2c(C3CC3)nccc2s1. The van der Waals surface area contributed by atoms with Crippen molar-refractivity contribution in [3.05, 3.63) is 23.7 Å². The van der Waals surface area contributed by atoms with Gasteiger partial charge in [0.25, 0.3) is 0 Å². The third-order valence-corrected chi connectivity index (χ3v) is 8.39. The second-order valence-corrected chi connectivity index (χ2v) is 11.9. The molecule has 2 fully saturated rings. The number of pyridine rings is 1. The van der Waals surface area contributed by atoms with Gasteiger partial charge in [-0.25, -0.2) is 23.1 Å². The maximum atomic E-state index is 13.0. The summed E-state index contributed by atoms with van der Waals surface area (Å²) >= 11 is 1.62. The molecule has 0 amide bonds. The van der Waals surface area contributed by atoms with E-state index in [9.17, 15) is 13.2 Å². The van der Waals surface area contributed by atoms with Gasteiger partial charge >= 0.3 is 0 Å². The summed E-state index contributed by atoms with van der Waals surface area (Å²) in [4.78, 5) is 18.6. The number of aromatic nitrogens is 4. The van der Waals surface area contributed by atoms with Crippen molar-refractivity contribution in [2.45, 2.75) is 84.2 Å². The quantitative estimate of drug-likeness (QED) is 0.310. The molecule has 3 aromatic heterocycles. The van der Waals surface area contributed by atoms with Gasteiger partial charge in [-0.2, -0.15) is 4.98 Å². The highest BCUT2D eigenvalue weighted by atomic mass is 32.1. The topological polar surface area (TPSA) is 75.6 Å². The summed E-state index contributed by atoms with van der Waals surface area (Å²) in [6, 6.07) is 2.00. The molecule has 2 aliphatic carbocycles. The van der Waals surface area contributed by atoms with Crippen LogP contribution in [-0.2, 0) is 0 Å². The molecule has 0 saturated heterocycles. The molecule has 2 N–H and O–H groups in total. The summed E-state index contributed by atoms with van der Waals surface area (Å²) in [6.45, 7) is 9.57. The molecule has 0 aliphatic heterocycles. The van der Waals surface area contributed by atoms with Gasteiger partial charge < -0.3 is 10.6 Å². The number of nitrogens with zero attached hydrogens (tertiary/aromatic N) is 4. The van der Waals surface area contributed by atoms with E-state index in [1.54, 1.807) is 25.2 Å². The average molecular weight is 535 g/mol. The molecule has 3 aromatic rings. The molecule has 10 heteroatoms. The van der Waals surface area contributed by atoms with Crippen molar-refractivity contribution in [3.8, 4) is 10.6 Å². The predicted octanol–water partition coefficient (Wildman–Crippen LogP) is 7.61. The zero-order valence-corrected chi connectivity index (χ0v) is 23.3. The van der Waals surface area contributed by atoms with Crippen LogP contribution in [0.2, 0.25) is 0 Å². The summed E-state index contributed by atoms with van der Waals surface area (Å²) in [6.07, 6.45) is 4.99. The third kappa shape index (κ3) is 6.51. The Bertz CT molecular complexity index is 1230. The van der Waals surface area contributed by atoms with E-state index in [2.05, 4.69) is 25.6 Å². The molecule has 0 spiro atoms. The number of anilines is 2. The molecule has 1 atom stereocenters. The van der Waals surface area contributed by atoms with E-state index in [1.807, 2.05) is 40.1 Å². The van der Waals surface area contributed by atoms with E-state index in [0.717, 1.165) is 38.6 Å². The Labute approximate surface area is 220 Å². The molecule has 202 valence electrons. The fourth-order valence-electron chi connectivity index (χ4n) is 4.38. The van der Waals surface area contributed by atoms with Crippen molar-refractivity contribution < 1.29 is 13.2 Å². The summed E-state index contributed by atoms with van der Waals surface area (Å²) in [5.41, 5.74) is 2.74. The molecule has 0 radical (unpaired) electrons. The first kappa shape index (κ1) is 27.5. The Morgan fingerprint density at radius 2 is 1.89 bits per heavy atom. The Morgan fingerprint density at radius 1 is 1.19 bits per heavy atom. The highest BCUT2D eigenvalue weighted by Gasteiger charge is 2.44. The van der Waals surface area contributed by atoms with Crippen molar-refractivity contribution in [2.24, 2.45) is 11.8 Å². The van der Waals surface area contributed by atoms with E-state index in [-0.39, 0.29) is 24.7 Å². The monoisotopic (exact) mass is 534 g/mol. The summed E-state index contributed by atoms with van der Waals surface area (Å²) < 4.78 is 40.0. The van der Waals surface area contributed by atoms with Crippen LogP contribution in [0.5, 0.6) is 0 Å². The van der Waals surface area contributed by atoms with E-state index >= 15 is 0 Å². The van der Waals surface area contributed by atoms with Gasteiger partial charge in [-0.3, -0.25) is 4.98 Å². The lowest BCUT2D eigenvalue weighted by atomic mass is 9.81. The van der Waals surface area contributed by atoms with Crippen LogP contribution in [0.4, 0.5) is 24.9 Å². The number of fused-ring (bicyclic) bond motifs is 1. The molecule has 0 aromatic carbocycles. The van der Waals surface area contributed by atoms with Crippen LogP contribution in [0.25, 0.3) is 20.8 Å². The number of hydrogen-bond acceptors (Lipinski definition) is 7. The standard InChI is InChI=1S/C20H22F2N6S.C7H15F/c1-10-14(18-27-16-13(29-18)5-6-24-15(16)12-3-4-12)17(23-2)28-19(26-10)25-9-11-7-20(21,22)8-11;1-5-6(2)7(3,4)8/h5-6,11-12H,3-4,7-9H2,1-2H3,(H2,23,25,26,28);6H,5H2,1-4H3. The minimum atomic E-state index is -2.51. The lowest BCUT2D eigenvalue weighted by molar-refractivity contribution is -0.106. The van der Waals surface area contributed by atoms with Crippen molar-refractivity contribution in [2.75, 3.05) is 24.2 Å². The second-order valence-electron chi connectivity index (χ2n) is 10.8. The van der Waals surface area contributed by atoms with Crippen molar-refractivity contribution in [3.63, 3.8) is 0 Å². The molecule has 2 aliphatic rings. The van der Waals surface area contributed by atoms with Crippen molar-refractivity contribution in [1.82, 2.24) is 19.9 Å². The first-order valence-corrected chi connectivity index (χ1v) is 13.9. The molecule has 37 heavy (non-hydrogen) atoms. The van der Waals surface area contributed by atoms with Gasteiger partial charge in [-0.05, 0) is 51.5 Å². The Morgan fingerprint density at radius 3 is 2.43 bits per heavy atom. The smallest absolute Gasteiger partial charge is 0.248 e. The van der Waals surface area contributed by atoms with Gasteiger partial charge in [0, 0.05) is 38.5 Å². The molecule has 6 nitrogen and oxygen atoms in total. The Hall–Kier alpha value is -2.49. The van der Waals surface area contributed by atoms with Gasteiger partial charge in [0.15, 0.2) is 0 Å². The molecule has 0 bridgehead atoms. The number of alkyl halides is 3.